The predicted octanol–water partition coefficient (Wildman–Crippen LogP) is 5.22. The van der Waals surface area contributed by atoms with E-state index in [9.17, 15) is 0 Å². The molecular formula is C16H14BrN3OS2. The molecule has 1 heterocycles. The van der Waals surface area contributed by atoms with Gasteiger partial charge in [-0.2, -0.15) is 0 Å². The highest BCUT2D eigenvalue weighted by Gasteiger charge is 2.05. The fourth-order valence-corrected chi connectivity index (χ4v) is 3.71. The van der Waals surface area contributed by atoms with Crippen LogP contribution in [-0.2, 0) is 0 Å². The number of aromatic nitrogens is 2. The van der Waals surface area contributed by atoms with Crippen molar-refractivity contribution in [3.05, 3.63) is 59.1 Å². The van der Waals surface area contributed by atoms with Crippen LogP contribution in [0.5, 0.6) is 5.75 Å². The van der Waals surface area contributed by atoms with Crippen molar-refractivity contribution in [3.8, 4) is 5.75 Å². The van der Waals surface area contributed by atoms with Gasteiger partial charge in [-0.3, -0.25) is 0 Å². The molecule has 0 atom stereocenters. The zero-order chi connectivity index (χ0) is 15.9. The highest BCUT2D eigenvalue weighted by molar-refractivity contribution is 9.10. The van der Waals surface area contributed by atoms with Gasteiger partial charge in [0.25, 0.3) is 0 Å². The Bertz CT molecular complexity index is 735. The van der Waals surface area contributed by atoms with E-state index in [-0.39, 0.29) is 0 Å². The lowest BCUT2D eigenvalue weighted by Gasteiger charge is -2.04. The van der Waals surface area contributed by atoms with E-state index in [0.717, 1.165) is 31.1 Å². The van der Waals surface area contributed by atoms with E-state index in [0.29, 0.717) is 6.61 Å². The molecule has 1 aromatic heterocycles. The third-order valence-electron chi connectivity index (χ3n) is 2.82. The largest absolute Gasteiger partial charge is 0.493 e. The molecule has 4 nitrogen and oxygen atoms in total. The number of hydrogen-bond donors (Lipinski definition) is 1. The van der Waals surface area contributed by atoms with Crippen molar-refractivity contribution in [1.29, 1.82) is 0 Å². The summed E-state index contributed by atoms with van der Waals surface area (Å²) in [6.45, 7) is 0.632. The van der Waals surface area contributed by atoms with Crippen LogP contribution in [-0.4, -0.2) is 22.6 Å². The SMILES string of the molecule is Brc1ccc(OCCSc2nnc(Nc3ccccc3)s2)cc1. The summed E-state index contributed by atoms with van der Waals surface area (Å²) >= 11 is 6.59. The fraction of sp³-hybridized carbons (Fsp3) is 0.125. The standard InChI is InChI=1S/C16H14BrN3OS2/c17-12-6-8-14(9-7-12)21-10-11-22-16-20-19-15(23-16)18-13-4-2-1-3-5-13/h1-9H,10-11H2,(H,18,19). The minimum Gasteiger partial charge on any atom is -0.493 e. The van der Waals surface area contributed by atoms with Crippen molar-refractivity contribution in [2.45, 2.75) is 4.34 Å². The fourth-order valence-electron chi connectivity index (χ4n) is 1.78. The first-order valence-electron chi connectivity index (χ1n) is 6.96. The molecule has 0 fully saturated rings. The van der Waals surface area contributed by atoms with E-state index in [2.05, 4.69) is 31.4 Å². The van der Waals surface area contributed by atoms with Gasteiger partial charge < -0.3 is 10.1 Å². The van der Waals surface area contributed by atoms with Crippen LogP contribution in [0, 0.1) is 0 Å². The molecule has 0 aliphatic rings. The molecule has 0 amide bonds. The molecule has 7 heteroatoms. The molecule has 0 saturated carbocycles. The summed E-state index contributed by atoms with van der Waals surface area (Å²) in [5.74, 6) is 1.70. The lowest BCUT2D eigenvalue weighted by Crippen LogP contribution is -1.99. The smallest absolute Gasteiger partial charge is 0.210 e. The van der Waals surface area contributed by atoms with Gasteiger partial charge in [-0.15, -0.1) is 10.2 Å². The maximum Gasteiger partial charge on any atom is 0.210 e. The Balaban J connectivity index is 1.43. The summed E-state index contributed by atoms with van der Waals surface area (Å²) in [5, 5.41) is 12.4. The summed E-state index contributed by atoms with van der Waals surface area (Å²) in [5.41, 5.74) is 1.01. The van der Waals surface area contributed by atoms with Gasteiger partial charge in [0.05, 0.1) is 6.61 Å². The number of halogens is 1. The van der Waals surface area contributed by atoms with E-state index < -0.39 is 0 Å². The number of thioether (sulfide) groups is 1. The number of anilines is 2. The number of benzene rings is 2. The van der Waals surface area contributed by atoms with Crippen molar-refractivity contribution < 1.29 is 4.74 Å². The second-order valence-corrected chi connectivity index (χ2v) is 7.75. The molecule has 0 unspecified atom stereocenters. The third kappa shape index (κ3) is 5.23. The van der Waals surface area contributed by atoms with Gasteiger partial charge in [-0.1, -0.05) is 57.2 Å². The molecule has 0 saturated heterocycles. The van der Waals surface area contributed by atoms with Gasteiger partial charge in [-0.25, -0.2) is 0 Å². The molecule has 0 radical (unpaired) electrons. The van der Waals surface area contributed by atoms with Gasteiger partial charge in [0.15, 0.2) is 4.34 Å². The van der Waals surface area contributed by atoms with E-state index in [1.165, 1.54) is 0 Å². The van der Waals surface area contributed by atoms with E-state index in [1.807, 2.05) is 54.6 Å². The molecule has 118 valence electrons. The molecule has 23 heavy (non-hydrogen) atoms. The zero-order valence-corrected chi connectivity index (χ0v) is 15.3. The van der Waals surface area contributed by atoms with Crippen molar-refractivity contribution in [3.63, 3.8) is 0 Å². The van der Waals surface area contributed by atoms with E-state index in [4.69, 9.17) is 4.74 Å². The van der Waals surface area contributed by atoms with E-state index in [1.54, 1.807) is 23.1 Å². The molecule has 0 aliphatic carbocycles. The van der Waals surface area contributed by atoms with Gasteiger partial charge in [0.2, 0.25) is 5.13 Å². The van der Waals surface area contributed by atoms with Gasteiger partial charge >= 0.3 is 0 Å². The molecular weight excluding hydrogens is 394 g/mol. The average molecular weight is 408 g/mol. The topological polar surface area (TPSA) is 47.0 Å². The van der Waals surface area contributed by atoms with Crippen LogP contribution in [0.4, 0.5) is 10.8 Å². The zero-order valence-electron chi connectivity index (χ0n) is 12.1. The number of para-hydroxylation sites is 1. The molecule has 0 bridgehead atoms. The number of nitrogens with zero attached hydrogens (tertiary/aromatic N) is 2. The quantitative estimate of drug-likeness (QED) is 0.429. The van der Waals surface area contributed by atoms with E-state index >= 15 is 0 Å². The van der Waals surface area contributed by atoms with Crippen molar-refractivity contribution in [2.75, 3.05) is 17.7 Å². The molecule has 0 spiro atoms. The Morgan fingerprint density at radius 3 is 2.61 bits per heavy atom. The first-order chi connectivity index (χ1) is 11.3. The summed E-state index contributed by atoms with van der Waals surface area (Å²) in [7, 11) is 0. The van der Waals surface area contributed by atoms with Crippen LogP contribution in [0.2, 0.25) is 0 Å². The number of hydrogen-bond acceptors (Lipinski definition) is 6. The normalized spacial score (nSPS) is 10.5. The van der Waals surface area contributed by atoms with Gasteiger partial charge in [-0.05, 0) is 36.4 Å². The van der Waals surface area contributed by atoms with Crippen LogP contribution < -0.4 is 10.1 Å². The minimum absolute atomic E-state index is 0.632. The summed E-state index contributed by atoms with van der Waals surface area (Å²) in [4.78, 5) is 0. The monoisotopic (exact) mass is 407 g/mol. The predicted molar refractivity (Wildman–Crippen MR) is 100.0 cm³/mol. The lowest BCUT2D eigenvalue weighted by atomic mass is 10.3. The molecule has 3 rings (SSSR count). The molecule has 3 aromatic rings. The molecule has 2 aromatic carbocycles. The average Bonchev–Trinajstić information content (AvgIpc) is 3.02. The Hall–Kier alpha value is -1.57. The van der Waals surface area contributed by atoms with Gasteiger partial charge in [0.1, 0.15) is 5.75 Å². The summed E-state index contributed by atoms with van der Waals surface area (Å²) in [6.07, 6.45) is 0. The van der Waals surface area contributed by atoms with Crippen molar-refractivity contribution >= 4 is 49.8 Å². The Morgan fingerprint density at radius 1 is 1.04 bits per heavy atom. The van der Waals surface area contributed by atoms with Crippen LogP contribution in [0.1, 0.15) is 0 Å². The first-order valence-corrected chi connectivity index (χ1v) is 9.56. The Labute approximate surface area is 151 Å². The Kier molecular flexibility index (Phi) is 5.90. The van der Waals surface area contributed by atoms with Crippen LogP contribution in [0.15, 0.2) is 63.4 Å². The first kappa shape index (κ1) is 16.3. The second kappa shape index (κ2) is 8.33. The highest BCUT2D eigenvalue weighted by atomic mass is 79.9. The van der Waals surface area contributed by atoms with Gasteiger partial charge in [0, 0.05) is 15.9 Å². The van der Waals surface area contributed by atoms with Crippen LogP contribution in [0.25, 0.3) is 0 Å². The maximum atomic E-state index is 5.68. The summed E-state index contributed by atoms with van der Waals surface area (Å²) in [6, 6.07) is 17.8. The number of nitrogens with one attached hydrogen (secondary N) is 1. The molecule has 0 aliphatic heterocycles. The second-order valence-electron chi connectivity index (χ2n) is 4.51. The van der Waals surface area contributed by atoms with Crippen molar-refractivity contribution in [2.24, 2.45) is 0 Å². The third-order valence-corrected chi connectivity index (χ3v) is 5.29. The maximum absolute atomic E-state index is 5.68. The lowest BCUT2D eigenvalue weighted by molar-refractivity contribution is 0.344. The summed E-state index contributed by atoms with van der Waals surface area (Å²) < 4.78 is 7.67. The van der Waals surface area contributed by atoms with Crippen molar-refractivity contribution in [1.82, 2.24) is 10.2 Å². The Morgan fingerprint density at radius 2 is 1.83 bits per heavy atom. The molecule has 1 N–H and O–H groups in total. The minimum atomic E-state index is 0.632. The van der Waals surface area contributed by atoms with Crippen LogP contribution in [0.3, 0.4) is 0 Å². The van der Waals surface area contributed by atoms with Crippen LogP contribution >= 0.6 is 39.0 Å². The number of ether oxygens (including phenoxy) is 1. The number of rotatable bonds is 7. The highest BCUT2D eigenvalue weighted by Crippen LogP contribution is 2.27.